The van der Waals surface area contributed by atoms with Crippen molar-refractivity contribution in [1.82, 2.24) is 4.42 Å². The van der Waals surface area contributed by atoms with Crippen LogP contribution in [0.2, 0.25) is 0 Å². The largest absolute Gasteiger partial charge is 0.464 e. The summed E-state index contributed by atoms with van der Waals surface area (Å²) in [7, 11) is 0. The number of benzene rings is 1. The molecule has 5 heteroatoms. The van der Waals surface area contributed by atoms with Crippen LogP contribution in [0.15, 0.2) is 30.3 Å². The Balaban J connectivity index is 2.81. The van der Waals surface area contributed by atoms with Crippen LogP contribution in [0.1, 0.15) is 12.5 Å². The van der Waals surface area contributed by atoms with E-state index in [4.69, 9.17) is 16.9 Å². The highest BCUT2D eigenvalue weighted by atomic mass is 35.5. The van der Waals surface area contributed by atoms with Gasteiger partial charge in [-0.05, 0) is 12.5 Å². The molecule has 1 rings (SSSR count). The molecular weight excluding hydrogens is 230 g/mol. The van der Waals surface area contributed by atoms with Gasteiger partial charge in [0, 0.05) is 18.2 Å². The van der Waals surface area contributed by atoms with Crippen molar-refractivity contribution in [2.45, 2.75) is 19.4 Å². The average Bonchev–Trinajstić information content (AvgIpc) is 2.26. The van der Waals surface area contributed by atoms with Gasteiger partial charge in [-0.25, -0.2) is 9.21 Å². The molecule has 0 fully saturated rings. The Labute approximate surface area is 98.5 Å². The van der Waals surface area contributed by atoms with Crippen molar-refractivity contribution in [3.05, 3.63) is 35.9 Å². The topological polar surface area (TPSA) is 57.6 Å². The first-order valence-electron chi connectivity index (χ1n) is 4.74. The van der Waals surface area contributed by atoms with E-state index in [1.54, 1.807) is 0 Å². The third kappa shape index (κ3) is 3.24. The van der Waals surface area contributed by atoms with Gasteiger partial charge < -0.3 is 5.11 Å². The zero-order valence-electron chi connectivity index (χ0n) is 8.76. The fraction of sp³-hybridized carbons (Fsp3) is 0.273. The fourth-order valence-electron chi connectivity index (χ4n) is 1.35. The number of halogens is 1. The van der Waals surface area contributed by atoms with Crippen LogP contribution < -0.4 is 0 Å². The highest BCUT2D eigenvalue weighted by molar-refractivity contribution is 6.21. The van der Waals surface area contributed by atoms with Crippen LogP contribution in [0.4, 0.5) is 4.79 Å². The molecule has 1 aromatic rings. The molecule has 0 aliphatic rings. The highest BCUT2D eigenvalue weighted by Crippen LogP contribution is 2.12. The van der Waals surface area contributed by atoms with E-state index >= 15 is 0 Å². The van der Waals surface area contributed by atoms with Gasteiger partial charge in [-0.15, -0.1) is 0 Å². The van der Waals surface area contributed by atoms with E-state index in [-0.39, 0.29) is 12.2 Å². The van der Waals surface area contributed by atoms with Gasteiger partial charge >= 0.3 is 6.09 Å². The SMILES string of the molecule is CC(=O)C(Cc1ccccc1)N(Cl)C(=O)O. The summed E-state index contributed by atoms with van der Waals surface area (Å²) in [4.78, 5) is 22.0. The van der Waals surface area contributed by atoms with Crippen LogP contribution in [0.3, 0.4) is 0 Å². The lowest BCUT2D eigenvalue weighted by atomic mass is 10.0. The van der Waals surface area contributed by atoms with E-state index in [1.165, 1.54) is 6.92 Å². The van der Waals surface area contributed by atoms with E-state index < -0.39 is 12.1 Å². The van der Waals surface area contributed by atoms with Crippen molar-refractivity contribution >= 4 is 23.7 Å². The molecule has 1 aromatic carbocycles. The fourth-order valence-corrected chi connectivity index (χ4v) is 1.56. The summed E-state index contributed by atoms with van der Waals surface area (Å²) in [5, 5.41) is 8.72. The lowest BCUT2D eigenvalue weighted by molar-refractivity contribution is -0.120. The second-order valence-corrected chi connectivity index (χ2v) is 3.77. The van der Waals surface area contributed by atoms with Crippen molar-refractivity contribution in [2.24, 2.45) is 0 Å². The van der Waals surface area contributed by atoms with Gasteiger partial charge in [-0.1, -0.05) is 30.3 Å². The lowest BCUT2D eigenvalue weighted by Crippen LogP contribution is -2.38. The van der Waals surface area contributed by atoms with Crippen molar-refractivity contribution < 1.29 is 14.7 Å². The van der Waals surface area contributed by atoms with Gasteiger partial charge in [0.1, 0.15) is 6.04 Å². The van der Waals surface area contributed by atoms with Gasteiger partial charge in [0.05, 0.1) is 0 Å². The standard InChI is InChI=1S/C11H12ClNO3/c1-8(14)10(13(12)11(15)16)7-9-5-3-2-4-6-9/h2-6,10H,7H2,1H3,(H,15,16). The molecule has 0 aliphatic heterocycles. The van der Waals surface area contributed by atoms with E-state index in [0.29, 0.717) is 4.42 Å². The summed E-state index contributed by atoms with van der Waals surface area (Å²) in [6.07, 6.45) is -1.04. The minimum Gasteiger partial charge on any atom is -0.464 e. The quantitative estimate of drug-likeness (QED) is 0.823. The maximum absolute atomic E-state index is 11.3. The molecule has 0 heterocycles. The summed E-state index contributed by atoms with van der Waals surface area (Å²) in [6, 6.07) is 8.30. The molecule has 1 atom stereocenters. The molecule has 1 N–H and O–H groups in total. The number of Topliss-reactive ketones (excluding diaryl/α,β-unsaturated/α-hetero) is 1. The minimum absolute atomic E-state index is 0.277. The summed E-state index contributed by atoms with van der Waals surface area (Å²) in [5.41, 5.74) is 0.870. The molecule has 0 radical (unpaired) electrons. The van der Waals surface area contributed by atoms with Crippen LogP contribution in [0.5, 0.6) is 0 Å². The van der Waals surface area contributed by atoms with Crippen molar-refractivity contribution in [1.29, 1.82) is 0 Å². The third-order valence-electron chi connectivity index (χ3n) is 2.20. The smallest absolute Gasteiger partial charge is 0.422 e. The molecule has 0 aromatic heterocycles. The van der Waals surface area contributed by atoms with Gasteiger partial charge in [-0.2, -0.15) is 0 Å². The molecule has 16 heavy (non-hydrogen) atoms. The molecule has 1 amide bonds. The van der Waals surface area contributed by atoms with Crippen molar-refractivity contribution in [3.63, 3.8) is 0 Å². The number of rotatable bonds is 4. The Hall–Kier alpha value is -1.55. The Morgan fingerprint density at radius 3 is 2.38 bits per heavy atom. The molecule has 0 saturated heterocycles. The molecule has 4 nitrogen and oxygen atoms in total. The maximum Gasteiger partial charge on any atom is 0.422 e. The number of carbonyl (C=O) groups excluding carboxylic acids is 1. The molecule has 1 unspecified atom stereocenters. The molecular formula is C11H12ClNO3. The predicted molar refractivity (Wildman–Crippen MR) is 60.3 cm³/mol. The Kier molecular flexibility index (Phi) is 4.31. The number of hydrogen-bond donors (Lipinski definition) is 1. The number of ketones is 1. The van der Waals surface area contributed by atoms with Gasteiger partial charge in [0.25, 0.3) is 0 Å². The van der Waals surface area contributed by atoms with E-state index in [0.717, 1.165) is 5.56 Å². The number of hydrogen-bond acceptors (Lipinski definition) is 2. The average molecular weight is 242 g/mol. The number of carbonyl (C=O) groups is 2. The van der Waals surface area contributed by atoms with E-state index in [2.05, 4.69) is 0 Å². The van der Waals surface area contributed by atoms with Crippen LogP contribution in [-0.4, -0.2) is 27.4 Å². The molecule has 0 aliphatic carbocycles. The Bertz CT molecular complexity index is 380. The van der Waals surface area contributed by atoms with Crippen LogP contribution in [-0.2, 0) is 11.2 Å². The number of nitrogens with zero attached hydrogens (tertiary/aromatic N) is 1. The Morgan fingerprint density at radius 1 is 1.38 bits per heavy atom. The lowest BCUT2D eigenvalue weighted by Gasteiger charge is -2.20. The first-order chi connectivity index (χ1) is 7.52. The van der Waals surface area contributed by atoms with Crippen molar-refractivity contribution in [2.75, 3.05) is 0 Å². The van der Waals surface area contributed by atoms with Crippen molar-refractivity contribution in [3.8, 4) is 0 Å². The van der Waals surface area contributed by atoms with Gasteiger partial charge in [0.15, 0.2) is 5.78 Å². The monoisotopic (exact) mass is 241 g/mol. The first-order valence-corrected chi connectivity index (χ1v) is 5.08. The normalized spacial score (nSPS) is 11.9. The second-order valence-electron chi connectivity index (χ2n) is 3.41. The number of carboxylic acid groups (broad SMARTS) is 1. The van der Waals surface area contributed by atoms with E-state index in [1.807, 2.05) is 30.3 Å². The molecule has 0 bridgehead atoms. The summed E-state index contributed by atoms with van der Waals surface area (Å²) in [6.45, 7) is 1.33. The van der Waals surface area contributed by atoms with E-state index in [9.17, 15) is 9.59 Å². The second kappa shape index (κ2) is 5.51. The zero-order valence-corrected chi connectivity index (χ0v) is 9.52. The summed E-state index contributed by atoms with van der Waals surface area (Å²) in [5.74, 6) is -0.277. The van der Waals surface area contributed by atoms with Crippen LogP contribution in [0.25, 0.3) is 0 Å². The summed E-state index contributed by atoms with van der Waals surface area (Å²) < 4.78 is 0.523. The first kappa shape index (κ1) is 12.5. The maximum atomic E-state index is 11.3. The molecule has 86 valence electrons. The van der Waals surface area contributed by atoms with Crippen LogP contribution in [0, 0.1) is 0 Å². The Morgan fingerprint density at radius 2 is 1.94 bits per heavy atom. The molecule has 0 spiro atoms. The molecule has 0 saturated carbocycles. The minimum atomic E-state index is -1.32. The summed E-state index contributed by atoms with van der Waals surface area (Å²) >= 11 is 5.54. The van der Waals surface area contributed by atoms with Gasteiger partial charge in [-0.3, -0.25) is 4.79 Å². The van der Waals surface area contributed by atoms with Crippen LogP contribution >= 0.6 is 11.8 Å². The highest BCUT2D eigenvalue weighted by Gasteiger charge is 2.25. The van der Waals surface area contributed by atoms with Gasteiger partial charge in [0.2, 0.25) is 0 Å². The zero-order chi connectivity index (χ0) is 12.1. The number of amides is 1. The third-order valence-corrected chi connectivity index (χ3v) is 2.58. The predicted octanol–water partition coefficient (Wildman–Crippen LogP) is 2.32.